The first-order chi connectivity index (χ1) is 14.2. The van der Waals surface area contributed by atoms with E-state index in [4.69, 9.17) is 26.8 Å². The Kier molecular flexibility index (Phi) is 6.94. The molecule has 1 aliphatic rings. The van der Waals surface area contributed by atoms with Crippen molar-refractivity contribution in [1.82, 2.24) is 0 Å². The summed E-state index contributed by atoms with van der Waals surface area (Å²) in [5, 5.41) is 10.3. The van der Waals surface area contributed by atoms with Crippen molar-refractivity contribution in [3.05, 3.63) is 58.1 Å². The number of carbonyl (C=O) groups is 1. The molecule has 2 aromatic carbocycles. The second-order valence-corrected chi connectivity index (χ2v) is 8.62. The monoisotopic (exact) mass is 431 g/mol. The first-order valence-corrected chi connectivity index (χ1v) is 10.8. The third kappa shape index (κ3) is 4.73. The van der Waals surface area contributed by atoms with E-state index in [2.05, 4.69) is 20.8 Å². The molecule has 3 N–H and O–H groups in total. The summed E-state index contributed by atoms with van der Waals surface area (Å²) in [5.41, 5.74) is 8.96. The number of hydrogen-bond donors (Lipinski definition) is 2. The SMILES string of the molecule is CC[C@H]1O[C@@H](c2ccc(Cl)c(Cc3ccc(O)c(N)c3)c2)[C@H](OC(C)=O)[C@@H](C)[C@@H]1C. The quantitative estimate of drug-likeness (QED) is 0.382. The number of esters is 1. The predicted octanol–water partition coefficient (Wildman–Crippen LogP) is 5.27. The van der Waals surface area contributed by atoms with Crippen LogP contribution in [0.1, 0.15) is 56.9 Å². The fourth-order valence-corrected chi connectivity index (χ4v) is 4.43. The van der Waals surface area contributed by atoms with Crippen molar-refractivity contribution < 1.29 is 19.4 Å². The minimum atomic E-state index is -0.362. The zero-order valence-corrected chi connectivity index (χ0v) is 18.6. The zero-order chi connectivity index (χ0) is 22.0. The van der Waals surface area contributed by atoms with Crippen LogP contribution in [0, 0.1) is 11.8 Å². The average molecular weight is 432 g/mol. The largest absolute Gasteiger partial charge is 0.506 e. The number of phenols is 1. The van der Waals surface area contributed by atoms with Gasteiger partial charge in [0, 0.05) is 17.9 Å². The van der Waals surface area contributed by atoms with Crippen LogP contribution in [0.15, 0.2) is 36.4 Å². The number of anilines is 1. The summed E-state index contributed by atoms with van der Waals surface area (Å²) in [7, 11) is 0. The number of nitrogen functional groups attached to an aromatic ring is 1. The number of aromatic hydroxyl groups is 1. The summed E-state index contributed by atoms with van der Waals surface area (Å²) in [6.07, 6.45) is 0.824. The Morgan fingerprint density at radius 3 is 2.57 bits per heavy atom. The lowest BCUT2D eigenvalue weighted by atomic mass is 9.78. The van der Waals surface area contributed by atoms with Crippen molar-refractivity contribution in [2.24, 2.45) is 11.8 Å². The molecule has 0 aliphatic carbocycles. The van der Waals surface area contributed by atoms with Gasteiger partial charge in [0.25, 0.3) is 0 Å². The molecular formula is C24H30ClNO4. The van der Waals surface area contributed by atoms with Crippen LogP contribution in [0.4, 0.5) is 5.69 Å². The molecule has 1 heterocycles. The fraction of sp³-hybridized carbons (Fsp3) is 0.458. The van der Waals surface area contributed by atoms with Gasteiger partial charge in [0.05, 0.1) is 11.8 Å². The van der Waals surface area contributed by atoms with E-state index in [9.17, 15) is 9.90 Å². The molecule has 6 heteroatoms. The van der Waals surface area contributed by atoms with Crippen molar-refractivity contribution in [2.75, 3.05) is 5.73 Å². The Morgan fingerprint density at radius 1 is 1.20 bits per heavy atom. The molecule has 3 rings (SSSR count). The highest BCUT2D eigenvalue weighted by Gasteiger charge is 2.43. The van der Waals surface area contributed by atoms with E-state index in [1.807, 2.05) is 24.3 Å². The van der Waals surface area contributed by atoms with Crippen LogP contribution in [0.3, 0.4) is 0 Å². The molecule has 0 spiro atoms. The average Bonchev–Trinajstić information content (AvgIpc) is 2.70. The summed E-state index contributed by atoms with van der Waals surface area (Å²) in [5.74, 6) is 0.194. The molecule has 0 aromatic heterocycles. The Balaban J connectivity index is 1.95. The van der Waals surface area contributed by atoms with Gasteiger partial charge in [-0.05, 0) is 53.6 Å². The number of phenolic OH excluding ortho intramolecular Hbond substituents is 1. The van der Waals surface area contributed by atoms with Crippen LogP contribution in [0.2, 0.25) is 5.02 Å². The molecule has 5 atom stereocenters. The molecule has 0 radical (unpaired) electrons. The van der Waals surface area contributed by atoms with Gasteiger partial charge in [0.2, 0.25) is 0 Å². The third-order valence-electron chi connectivity index (χ3n) is 6.14. The smallest absolute Gasteiger partial charge is 0.303 e. The number of rotatable bonds is 5. The van der Waals surface area contributed by atoms with Crippen molar-refractivity contribution in [3.63, 3.8) is 0 Å². The van der Waals surface area contributed by atoms with Crippen LogP contribution in [-0.4, -0.2) is 23.3 Å². The Morgan fingerprint density at radius 2 is 1.93 bits per heavy atom. The second kappa shape index (κ2) is 9.27. The van der Waals surface area contributed by atoms with Crippen LogP contribution in [-0.2, 0) is 20.7 Å². The summed E-state index contributed by atoms with van der Waals surface area (Å²) in [4.78, 5) is 11.8. The summed E-state index contributed by atoms with van der Waals surface area (Å²) >= 11 is 6.48. The maximum Gasteiger partial charge on any atom is 0.303 e. The van der Waals surface area contributed by atoms with Crippen LogP contribution in [0.5, 0.6) is 5.75 Å². The van der Waals surface area contributed by atoms with Gasteiger partial charge in [0.15, 0.2) is 0 Å². The summed E-state index contributed by atoms with van der Waals surface area (Å²) in [6.45, 7) is 7.81. The number of halogens is 1. The van der Waals surface area contributed by atoms with Crippen molar-refractivity contribution in [3.8, 4) is 5.75 Å². The van der Waals surface area contributed by atoms with Crippen molar-refractivity contribution in [2.45, 2.75) is 58.8 Å². The van der Waals surface area contributed by atoms with E-state index in [0.29, 0.717) is 17.1 Å². The topological polar surface area (TPSA) is 81.8 Å². The summed E-state index contributed by atoms with van der Waals surface area (Å²) < 4.78 is 12.1. The van der Waals surface area contributed by atoms with Gasteiger partial charge in [-0.1, -0.05) is 50.6 Å². The Labute approximate surface area is 183 Å². The van der Waals surface area contributed by atoms with E-state index >= 15 is 0 Å². The number of benzene rings is 2. The Bertz CT molecular complexity index is 916. The molecule has 0 saturated carbocycles. The highest BCUT2D eigenvalue weighted by Crippen LogP contribution is 2.42. The Hall–Kier alpha value is -2.24. The molecular weight excluding hydrogens is 402 g/mol. The predicted molar refractivity (Wildman–Crippen MR) is 119 cm³/mol. The highest BCUT2D eigenvalue weighted by atomic mass is 35.5. The van der Waals surface area contributed by atoms with E-state index in [1.54, 1.807) is 12.1 Å². The van der Waals surface area contributed by atoms with Crippen molar-refractivity contribution >= 4 is 23.3 Å². The lowest BCUT2D eigenvalue weighted by Crippen LogP contribution is -2.46. The van der Waals surface area contributed by atoms with Gasteiger partial charge in [0.1, 0.15) is 18.0 Å². The van der Waals surface area contributed by atoms with Crippen molar-refractivity contribution in [1.29, 1.82) is 0 Å². The summed E-state index contributed by atoms with van der Waals surface area (Å²) in [6, 6.07) is 11.0. The highest BCUT2D eigenvalue weighted by molar-refractivity contribution is 6.31. The molecule has 5 nitrogen and oxygen atoms in total. The third-order valence-corrected chi connectivity index (χ3v) is 6.51. The van der Waals surface area contributed by atoms with E-state index in [1.165, 1.54) is 6.92 Å². The minimum absolute atomic E-state index is 0.0622. The zero-order valence-electron chi connectivity index (χ0n) is 17.9. The molecule has 162 valence electrons. The van der Waals surface area contributed by atoms with Gasteiger partial charge in [-0.2, -0.15) is 0 Å². The maximum absolute atomic E-state index is 11.8. The first-order valence-electron chi connectivity index (χ1n) is 10.4. The van der Waals surface area contributed by atoms with E-state index in [-0.39, 0.29) is 41.9 Å². The lowest BCUT2D eigenvalue weighted by Gasteiger charge is -2.44. The van der Waals surface area contributed by atoms with E-state index < -0.39 is 0 Å². The molecule has 2 aromatic rings. The molecule has 30 heavy (non-hydrogen) atoms. The molecule has 0 bridgehead atoms. The van der Waals surface area contributed by atoms with Crippen LogP contribution in [0.25, 0.3) is 0 Å². The molecule has 0 unspecified atom stereocenters. The van der Waals surface area contributed by atoms with Gasteiger partial charge in [-0.25, -0.2) is 0 Å². The molecule has 1 aliphatic heterocycles. The molecule has 1 saturated heterocycles. The maximum atomic E-state index is 11.8. The van der Waals surface area contributed by atoms with Gasteiger partial charge >= 0.3 is 5.97 Å². The molecule has 1 fully saturated rings. The number of carbonyl (C=O) groups excluding carboxylic acids is 1. The number of hydrogen-bond acceptors (Lipinski definition) is 5. The van der Waals surface area contributed by atoms with Crippen LogP contribution < -0.4 is 5.73 Å². The fourth-order valence-electron chi connectivity index (χ4n) is 4.24. The van der Waals surface area contributed by atoms with Crippen LogP contribution >= 0.6 is 11.6 Å². The van der Waals surface area contributed by atoms with E-state index in [0.717, 1.165) is 23.1 Å². The second-order valence-electron chi connectivity index (χ2n) is 8.22. The van der Waals surface area contributed by atoms with Gasteiger partial charge in [-0.15, -0.1) is 0 Å². The number of ether oxygens (including phenoxy) is 2. The lowest BCUT2D eigenvalue weighted by molar-refractivity contribution is -0.196. The van der Waals surface area contributed by atoms with Gasteiger partial charge in [-0.3, -0.25) is 4.79 Å². The first kappa shape index (κ1) is 22.4. The normalized spacial score (nSPS) is 26.4. The standard InChI is InChI=1S/C24H30ClNO4/c1-5-22-13(2)14(3)23(29-15(4)27)24(30-22)17-7-8-19(25)18(12-17)10-16-6-9-21(28)20(26)11-16/h6-9,11-14,22-24,28H,5,10,26H2,1-4H3/t13-,14-,22+,23+,24-/m0/s1. The molecule has 0 amide bonds. The minimum Gasteiger partial charge on any atom is -0.506 e. The van der Waals surface area contributed by atoms with Gasteiger partial charge < -0.3 is 20.3 Å². The number of nitrogens with two attached hydrogens (primary N) is 1.